The summed E-state index contributed by atoms with van der Waals surface area (Å²) in [4.78, 5) is 11.1. The summed E-state index contributed by atoms with van der Waals surface area (Å²) in [5, 5.41) is 31.0. The maximum atomic E-state index is 11.1. The Hall–Kier alpha value is -1.61. The second kappa shape index (κ2) is 12.8. The van der Waals surface area contributed by atoms with Gasteiger partial charge in [0.05, 0.1) is 19.3 Å². The fraction of sp³-hybridized carbons (Fsp3) is 0.696. The second-order valence-electron chi connectivity index (χ2n) is 7.70. The van der Waals surface area contributed by atoms with Gasteiger partial charge < -0.3 is 20.1 Å². The second-order valence-corrected chi connectivity index (χ2v) is 7.70. The van der Waals surface area contributed by atoms with Crippen molar-refractivity contribution < 1.29 is 24.9 Å². The Morgan fingerprint density at radius 1 is 1.25 bits per heavy atom. The normalized spacial score (nSPS) is 27.1. The minimum atomic E-state index is -1.15. The topological polar surface area (TPSA) is 87.0 Å². The lowest BCUT2D eigenvalue weighted by Crippen LogP contribution is -2.25. The highest BCUT2D eigenvalue weighted by molar-refractivity contribution is 5.69. The van der Waals surface area contributed by atoms with Gasteiger partial charge in [0.25, 0.3) is 0 Å². The number of aliphatic hydroxyl groups excluding tert-OH is 2. The van der Waals surface area contributed by atoms with Crippen LogP contribution in [0.25, 0.3) is 0 Å². The van der Waals surface area contributed by atoms with Crippen molar-refractivity contribution >= 4 is 5.97 Å². The van der Waals surface area contributed by atoms with Crippen LogP contribution >= 0.6 is 0 Å². The quantitative estimate of drug-likeness (QED) is 0.206. The molecule has 5 heteroatoms. The zero-order valence-corrected chi connectivity index (χ0v) is 17.2. The number of rotatable bonds is 12. The van der Waals surface area contributed by atoms with Gasteiger partial charge in [-0.15, -0.1) is 6.42 Å². The largest absolute Gasteiger partial charge is 0.469 e. The molecule has 1 aliphatic rings. The summed E-state index contributed by atoms with van der Waals surface area (Å²) in [5.74, 6) is 2.04. The molecule has 1 aliphatic carbocycles. The lowest BCUT2D eigenvalue weighted by atomic mass is 9.88. The van der Waals surface area contributed by atoms with Gasteiger partial charge in [0, 0.05) is 25.2 Å². The highest BCUT2D eigenvalue weighted by Gasteiger charge is 2.39. The molecule has 1 rings (SSSR count). The van der Waals surface area contributed by atoms with Crippen molar-refractivity contribution in [2.75, 3.05) is 7.11 Å². The standard InChI is InChI=1S/C23H36O5/c1-4-6-15-23(27,5-2)16-11-13-19-18(20(24)17-21(19)25)12-9-7-8-10-14-22(26)28-3/h2,7,9,11,13,18-21,24-25,27H,4,6,8,10,12,14-17H2,1,3H3/t18-,19-,20+,21-,23?/m1/s1. The molecule has 0 spiro atoms. The zero-order chi connectivity index (χ0) is 21.0. The first-order chi connectivity index (χ1) is 13.4. The summed E-state index contributed by atoms with van der Waals surface area (Å²) in [5.41, 5.74) is -1.15. The maximum Gasteiger partial charge on any atom is 0.305 e. The first-order valence-corrected chi connectivity index (χ1v) is 10.3. The number of methoxy groups -OCH3 is 1. The van der Waals surface area contributed by atoms with E-state index in [2.05, 4.69) is 17.6 Å². The van der Waals surface area contributed by atoms with Gasteiger partial charge >= 0.3 is 5.97 Å². The van der Waals surface area contributed by atoms with Crippen LogP contribution in [0.4, 0.5) is 0 Å². The molecular formula is C23H36O5. The molecule has 1 fully saturated rings. The average Bonchev–Trinajstić information content (AvgIpc) is 2.95. The van der Waals surface area contributed by atoms with E-state index < -0.39 is 17.8 Å². The van der Waals surface area contributed by atoms with Crippen LogP contribution in [0.3, 0.4) is 0 Å². The van der Waals surface area contributed by atoms with E-state index in [0.717, 1.165) is 25.7 Å². The monoisotopic (exact) mass is 392 g/mol. The third-order valence-electron chi connectivity index (χ3n) is 5.50. The first kappa shape index (κ1) is 24.4. The number of hydrogen-bond donors (Lipinski definition) is 3. The zero-order valence-electron chi connectivity index (χ0n) is 17.2. The predicted octanol–water partition coefficient (Wildman–Crippen LogP) is 3.13. The summed E-state index contributed by atoms with van der Waals surface area (Å²) >= 11 is 0. The molecule has 0 aromatic rings. The molecule has 0 bridgehead atoms. The molecule has 1 saturated carbocycles. The van der Waals surface area contributed by atoms with E-state index in [1.54, 1.807) is 0 Å². The van der Waals surface area contributed by atoms with Crippen LogP contribution < -0.4 is 0 Å². The number of hydrogen-bond acceptors (Lipinski definition) is 5. The molecule has 0 radical (unpaired) electrons. The van der Waals surface area contributed by atoms with Gasteiger partial charge in [0.2, 0.25) is 0 Å². The summed E-state index contributed by atoms with van der Waals surface area (Å²) < 4.78 is 4.61. The van der Waals surface area contributed by atoms with Crippen molar-refractivity contribution in [3.05, 3.63) is 24.3 Å². The van der Waals surface area contributed by atoms with Crippen molar-refractivity contribution in [3.8, 4) is 12.3 Å². The van der Waals surface area contributed by atoms with Crippen molar-refractivity contribution in [2.45, 2.75) is 82.5 Å². The van der Waals surface area contributed by atoms with Gasteiger partial charge in [-0.2, -0.15) is 0 Å². The van der Waals surface area contributed by atoms with E-state index in [0.29, 0.717) is 32.1 Å². The van der Waals surface area contributed by atoms with E-state index in [4.69, 9.17) is 6.42 Å². The van der Waals surface area contributed by atoms with Crippen LogP contribution in [0.5, 0.6) is 0 Å². The summed E-state index contributed by atoms with van der Waals surface area (Å²) in [7, 11) is 1.38. The van der Waals surface area contributed by atoms with Crippen molar-refractivity contribution in [2.24, 2.45) is 11.8 Å². The Morgan fingerprint density at radius 3 is 2.64 bits per heavy atom. The third-order valence-corrected chi connectivity index (χ3v) is 5.50. The van der Waals surface area contributed by atoms with E-state index >= 15 is 0 Å². The molecule has 158 valence electrons. The molecule has 0 saturated heterocycles. The SMILES string of the molecule is C#CC(O)(CC=C[C@@H]1[C@@H](CC=CCCCC(=O)OC)[C@@H](O)C[C@H]1O)CCCC. The molecule has 1 unspecified atom stereocenters. The number of carbonyl (C=O) groups is 1. The van der Waals surface area contributed by atoms with Crippen LogP contribution in [-0.2, 0) is 9.53 Å². The average molecular weight is 393 g/mol. The molecule has 0 aromatic carbocycles. The summed E-state index contributed by atoms with van der Waals surface area (Å²) in [6, 6.07) is 0. The van der Waals surface area contributed by atoms with Gasteiger partial charge in [-0.3, -0.25) is 4.79 Å². The molecular weight excluding hydrogens is 356 g/mol. The molecule has 0 amide bonds. The lowest BCUT2D eigenvalue weighted by molar-refractivity contribution is -0.140. The number of ether oxygens (including phenoxy) is 1. The Morgan fingerprint density at radius 2 is 2.00 bits per heavy atom. The Bertz CT molecular complexity index is 562. The molecule has 5 atom stereocenters. The predicted molar refractivity (Wildman–Crippen MR) is 110 cm³/mol. The smallest absolute Gasteiger partial charge is 0.305 e. The summed E-state index contributed by atoms with van der Waals surface area (Å²) in [6.07, 6.45) is 17.7. The van der Waals surface area contributed by atoms with Gasteiger partial charge in [-0.1, -0.05) is 43.6 Å². The van der Waals surface area contributed by atoms with Crippen LogP contribution in [0.15, 0.2) is 24.3 Å². The number of terminal acetylenes is 1. The van der Waals surface area contributed by atoms with E-state index in [-0.39, 0.29) is 17.8 Å². The van der Waals surface area contributed by atoms with E-state index in [9.17, 15) is 20.1 Å². The molecule has 0 heterocycles. The molecule has 28 heavy (non-hydrogen) atoms. The fourth-order valence-corrected chi connectivity index (χ4v) is 3.67. The van der Waals surface area contributed by atoms with Crippen molar-refractivity contribution in [3.63, 3.8) is 0 Å². The number of unbranched alkanes of at least 4 members (excludes halogenated alkanes) is 2. The highest BCUT2D eigenvalue weighted by Crippen LogP contribution is 2.36. The summed E-state index contributed by atoms with van der Waals surface area (Å²) in [6.45, 7) is 2.05. The lowest BCUT2D eigenvalue weighted by Gasteiger charge is -2.22. The highest BCUT2D eigenvalue weighted by atomic mass is 16.5. The van der Waals surface area contributed by atoms with Crippen molar-refractivity contribution in [1.82, 2.24) is 0 Å². The van der Waals surface area contributed by atoms with E-state index in [1.165, 1.54) is 7.11 Å². The molecule has 0 aromatic heterocycles. The maximum absolute atomic E-state index is 11.1. The number of carbonyl (C=O) groups excluding carboxylic acids is 1. The van der Waals surface area contributed by atoms with Crippen LogP contribution in [0.2, 0.25) is 0 Å². The van der Waals surface area contributed by atoms with Gasteiger partial charge in [-0.25, -0.2) is 0 Å². The number of allylic oxidation sites excluding steroid dienone is 2. The third kappa shape index (κ3) is 8.18. The first-order valence-electron chi connectivity index (χ1n) is 10.3. The Kier molecular flexibility index (Phi) is 11.1. The van der Waals surface area contributed by atoms with Crippen LogP contribution in [0.1, 0.15) is 64.7 Å². The Labute approximate surface area is 169 Å². The number of esters is 1. The van der Waals surface area contributed by atoms with Gasteiger partial charge in [-0.05, 0) is 38.0 Å². The van der Waals surface area contributed by atoms with Crippen molar-refractivity contribution in [1.29, 1.82) is 0 Å². The molecule has 3 N–H and O–H groups in total. The van der Waals surface area contributed by atoms with Gasteiger partial charge in [0.15, 0.2) is 0 Å². The van der Waals surface area contributed by atoms with Gasteiger partial charge in [0.1, 0.15) is 5.60 Å². The molecule has 0 aliphatic heterocycles. The van der Waals surface area contributed by atoms with Crippen LogP contribution in [0, 0.1) is 24.2 Å². The minimum absolute atomic E-state index is 0.0716. The minimum Gasteiger partial charge on any atom is -0.469 e. The van der Waals surface area contributed by atoms with E-state index in [1.807, 2.05) is 24.3 Å². The number of aliphatic hydroxyl groups is 3. The fourth-order valence-electron chi connectivity index (χ4n) is 3.67. The Balaban J connectivity index is 2.56. The van der Waals surface area contributed by atoms with Crippen LogP contribution in [-0.4, -0.2) is 46.2 Å². The molecule has 5 nitrogen and oxygen atoms in total.